The molecule has 0 saturated carbocycles. The first-order valence-electron chi connectivity index (χ1n) is 4.36. The Labute approximate surface area is 78.3 Å². The van der Waals surface area contributed by atoms with E-state index < -0.39 is 6.10 Å². The summed E-state index contributed by atoms with van der Waals surface area (Å²) in [6.45, 7) is 3.43. The van der Waals surface area contributed by atoms with Crippen molar-refractivity contribution in [3.8, 4) is 0 Å². The lowest BCUT2D eigenvalue weighted by atomic mass is 10.1. The van der Waals surface area contributed by atoms with Gasteiger partial charge < -0.3 is 5.11 Å². The van der Waals surface area contributed by atoms with Gasteiger partial charge in [-0.15, -0.1) is 0 Å². The molecule has 0 saturated heterocycles. The van der Waals surface area contributed by atoms with E-state index in [1.54, 1.807) is 12.2 Å². The summed E-state index contributed by atoms with van der Waals surface area (Å²) in [6, 6.07) is 0. The summed E-state index contributed by atoms with van der Waals surface area (Å²) in [5.41, 5.74) is 0.660. The van der Waals surface area contributed by atoms with E-state index in [0.717, 1.165) is 0 Å². The minimum absolute atomic E-state index is 0.223. The number of aliphatic hydroxyl groups is 1. The van der Waals surface area contributed by atoms with E-state index in [4.69, 9.17) is 0 Å². The molecule has 0 bridgehead atoms. The summed E-state index contributed by atoms with van der Waals surface area (Å²) in [5.74, 6) is 0.131. The summed E-state index contributed by atoms with van der Waals surface area (Å²) < 4.78 is 0. The highest BCUT2D eigenvalue weighted by Gasteiger charge is 2.13. The molecule has 0 fully saturated rings. The monoisotopic (exact) mass is 178 g/mol. The quantitative estimate of drug-likeness (QED) is 0.697. The zero-order chi connectivity index (χ0) is 9.84. The second-order valence-electron chi connectivity index (χ2n) is 3.28. The number of ketones is 1. The summed E-state index contributed by atoms with van der Waals surface area (Å²) in [7, 11) is 0. The number of aliphatic hydroxyl groups excluding tert-OH is 1. The van der Waals surface area contributed by atoms with Crippen molar-refractivity contribution < 1.29 is 9.90 Å². The predicted octanol–water partition coefficient (Wildman–Crippen LogP) is 1.62. The molecule has 2 atom stereocenters. The molecule has 2 unspecified atom stereocenters. The lowest BCUT2D eigenvalue weighted by Gasteiger charge is -2.06. The van der Waals surface area contributed by atoms with Crippen molar-refractivity contribution in [3.05, 3.63) is 36.0 Å². The molecule has 1 aliphatic rings. The van der Waals surface area contributed by atoms with Crippen LogP contribution in [0.2, 0.25) is 0 Å². The third kappa shape index (κ3) is 2.67. The van der Waals surface area contributed by atoms with E-state index >= 15 is 0 Å². The zero-order valence-corrected chi connectivity index (χ0v) is 7.90. The molecule has 0 radical (unpaired) electrons. The van der Waals surface area contributed by atoms with E-state index in [-0.39, 0.29) is 5.78 Å². The van der Waals surface area contributed by atoms with Crippen LogP contribution in [0.4, 0.5) is 0 Å². The van der Waals surface area contributed by atoms with Gasteiger partial charge >= 0.3 is 0 Å². The molecule has 1 aliphatic carbocycles. The average molecular weight is 178 g/mol. The lowest BCUT2D eigenvalue weighted by Crippen LogP contribution is -2.18. The number of carbonyl (C=O) groups excluding carboxylic acids is 1. The van der Waals surface area contributed by atoms with Crippen LogP contribution in [0.5, 0.6) is 0 Å². The van der Waals surface area contributed by atoms with E-state index in [1.807, 2.05) is 25.2 Å². The summed E-state index contributed by atoms with van der Waals surface area (Å²) in [5, 5.41) is 9.46. The number of hydrogen-bond acceptors (Lipinski definition) is 2. The van der Waals surface area contributed by atoms with Crippen molar-refractivity contribution in [2.75, 3.05) is 0 Å². The van der Waals surface area contributed by atoms with Gasteiger partial charge in [0.05, 0.1) is 0 Å². The molecule has 1 N–H and O–H groups in total. The van der Waals surface area contributed by atoms with Gasteiger partial charge in [0.25, 0.3) is 0 Å². The molecule has 13 heavy (non-hydrogen) atoms. The van der Waals surface area contributed by atoms with Gasteiger partial charge in [0.1, 0.15) is 6.10 Å². The lowest BCUT2D eigenvalue weighted by molar-refractivity contribution is -0.123. The van der Waals surface area contributed by atoms with E-state index in [2.05, 4.69) is 0 Å². The molecule has 0 aromatic heterocycles. The molecule has 1 rings (SSSR count). The fourth-order valence-corrected chi connectivity index (χ4v) is 1.14. The number of Topliss-reactive ketones (excluding diaryl/α,β-unsaturated/α-hetero) is 1. The zero-order valence-electron chi connectivity index (χ0n) is 7.90. The Kier molecular flexibility index (Phi) is 3.20. The van der Waals surface area contributed by atoms with Gasteiger partial charge in [-0.1, -0.05) is 37.3 Å². The molecule has 70 valence electrons. The molecular weight excluding hydrogens is 164 g/mol. The van der Waals surface area contributed by atoms with Crippen LogP contribution in [-0.4, -0.2) is 17.0 Å². The van der Waals surface area contributed by atoms with Gasteiger partial charge in [-0.2, -0.15) is 0 Å². The largest absolute Gasteiger partial charge is 0.381 e. The Bertz CT molecular complexity index is 284. The van der Waals surface area contributed by atoms with Gasteiger partial charge in [0.15, 0.2) is 5.78 Å². The fourth-order valence-electron chi connectivity index (χ4n) is 1.14. The number of allylic oxidation sites excluding steroid dienone is 4. The Morgan fingerprint density at radius 2 is 2.23 bits per heavy atom. The molecule has 0 amide bonds. The first kappa shape index (κ1) is 9.93. The van der Waals surface area contributed by atoms with Crippen molar-refractivity contribution in [2.24, 2.45) is 5.92 Å². The van der Waals surface area contributed by atoms with Crippen molar-refractivity contribution >= 4 is 5.78 Å². The fraction of sp³-hybridized carbons (Fsp3) is 0.364. The van der Waals surface area contributed by atoms with Crippen molar-refractivity contribution in [1.82, 2.24) is 0 Å². The van der Waals surface area contributed by atoms with Crippen molar-refractivity contribution in [3.63, 3.8) is 0 Å². The van der Waals surface area contributed by atoms with Gasteiger partial charge in [0, 0.05) is 0 Å². The summed E-state index contributed by atoms with van der Waals surface area (Å²) >= 11 is 0. The molecule has 2 nitrogen and oxygen atoms in total. The summed E-state index contributed by atoms with van der Waals surface area (Å²) in [4.78, 5) is 10.9. The van der Waals surface area contributed by atoms with Gasteiger partial charge in [-0.3, -0.25) is 4.79 Å². The Balaban J connectivity index is 2.82. The summed E-state index contributed by atoms with van der Waals surface area (Å²) in [6.07, 6.45) is 8.43. The maximum atomic E-state index is 10.9. The minimum atomic E-state index is -0.980. The average Bonchev–Trinajstić information content (AvgIpc) is 2.28. The molecule has 0 aromatic rings. The third-order valence-electron chi connectivity index (χ3n) is 2.00. The molecular formula is C11H14O2. The van der Waals surface area contributed by atoms with Crippen LogP contribution in [0.3, 0.4) is 0 Å². The molecule has 0 spiro atoms. The van der Waals surface area contributed by atoms with Crippen molar-refractivity contribution in [2.45, 2.75) is 20.0 Å². The van der Waals surface area contributed by atoms with Crippen molar-refractivity contribution in [1.29, 1.82) is 0 Å². The van der Waals surface area contributed by atoms with Crippen LogP contribution in [0.1, 0.15) is 13.8 Å². The maximum Gasteiger partial charge on any atom is 0.162 e. The number of carbonyl (C=O) groups is 1. The number of hydrogen-bond donors (Lipinski definition) is 1. The first-order chi connectivity index (χ1) is 6.11. The van der Waals surface area contributed by atoms with Crippen LogP contribution < -0.4 is 0 Å². The predicted molar refractivity (Wildman–Crippen MR) is 52.2 cm³/mol. The van der Waals surface area contributed by atoms with Gasteiger partial charge in [-0.05, 0) is 18.4 Å². The van der Waals surface area contributed by atoms with Gasteiger partial charge in [-0.25, -0.2) is 0 Å². The van der Waals surface area contributed by atoms with Crippen LogP contribution in [-0.2, 0) is 4.79 Å². The van der Waals surface area contributed by atoms with E-state index in [0.29, 0.717) is 11.5 Å². The van der Waals surface area contributed by atoms with Crippen LogP contribution in [0.25, 0.3) is 0 Å². The Hall–Kier alpha value is -1.15. The SMILES string of the molecule is CC(=O)C(O)C1=CC=CC(C)C=C1. The molecule has 2 heteroatoms. The van der Waals surface area contributed by atoms with E-state index in [1.165, 1.54) is 6.92 Å². The Morgan fingerprint density at radius 3 is 2.85 bits per heavy atom. The minimum Gasteiger partial charge on any atom is -0.381 e. The number of rotatable bonds is 2. The molecule has 0 aromatic carbocycles. The smallest absolute Gasteiger partial charge is 0.162 e. The normalized spacial score (nSPS) is 23.6. The third-order valence-corrected chi connectivity index (χ3v) is 2.00. The molecule has 0 aliphatic heterocycles. The van der Waals surface area contributed by atoms with Gasteiger partial charge in [0.2, 0.25) is 0 Å². The second-order valence-corrected chi connectivity index (χ2v) is 3.28. The highest BCUT2D eigenvalue weighted by molar-refractivity contribution is 5.84. The highest BCUT2D eigenvalue weighted by atomic mass is 16.3. The Morgan fingerprint density at radius 1 is 1.54 bits per heavy atom. The van der Waals surface area contributed by atoms with E-state index in [9.17, 15) is 9.90 Å². The maximum absolute atomic E-state index is 10.9. The highest BCUT2D eigenvalue weighted by Crippen LogP contribution is 2.13. The standard InChI is InChI=1S/C11H14O2/c1-8-4-3-5-10(7-6-8)11(13)9(2)12/h3-8,11,13H,1-2H3. The van der Waals surface area contributed by atoms with Crippen LogP contribution >= 0.6 is 0 Å². The second kappa shape index (κ2) is 4.19. The topological polar surface area (TPSA) is 37.3 Å². The van der Waals surface area contributed by atoms with Crippen LogP contribution in [0.15, 0.2) is 36.0 Å². The first-order valence-corrected chi connectivity index (χ1v) is 4.36. The van der Waals surface area contributed by atoms with Crippen LogP contribution in [0, 0.1) is 5.92 Å². The molecule has 0 heterocycles.